The van der Waals surface area contributed by atoms with Crippen LogP contribution in [0.3, 0.4) is 0 Å². The first kappa shape index (κ1) is 11.2. The van der Waals surface area contributed by atoms with E-state index in [-0.39, 0.29) is 0 Å². The molecule has 0 aliphatic rings. The van der Waals surface area contributed by atoms with Crippen LogP contribution in [0.1, 0.15) is 5.56 Å². The number of rotatable bonds is 3. The zero-order valence-electron chi connectivity index (χ0n) is 8.99. The lowest BCUT2D eigenvalue weighted by Crippen LogP contribution is -2.03. The average molecular weight is 232 g/mol. The zero-order valence-corrected chi connectivity index (χ0v) is 9.74. The van der Waals surface area contributed by atoms with Gasteiger partial charge >= 0.3 is 0 Å². The van der Waals surface area contributed by atoms with Gasteiger partial charge in [-0.15, -0.1) is 0 Å². The van der Waals surface area contributed by atoms with Crippen LogP contribution in [-0.2, 0) is 6.42 Å². The lowest BCUT2D eigenvalue weighted by atomic mass is 9.98. The van der Waals surface area contributed by atoms with E-state index in [4.69, 9.17) is 17.3 Å². The lowest BCUT2D eigenvalue weighted by Gasteiger charge is -2.08. The molecular weight excluding hydrogens is 218 g/mol. The van der Waals surface area contributed by atoms with Gasteiger partial charge in [0.25, 0.3) is 0 Å². The van der Waals surface area contributed by atoms with Gasteiger partial charge < -0.3 is 5.73 Å². The van der Waals surface area contributed by atoms with Crippen molar-refractivity contribution >= 4 is 11.6 Å². The summed E-state index contributed by atoms with van der Waals surface area (Å²) in [4.78, 5) is 0. The van der Waals surface area contributed by atoms with Gasteiger partial charge in [-0.2, -0.15) is 0 Å². The second kappa shape index (κ2) is 5.15. The molecule has 0 bridgehead atoms. The van der Waals surface area contributed by atoms with Crippen molar-refractivity contribution in [3.8, 4) is 11.1 Å². The Labute approximate surface area is 101 Å². The molecule has 1 nitrogen and oxygen atoms in total. The third kappa shape index (κ3) is 2.43. The van der Waals surface area contributed by atoms with E-state index in [1.165, 1.54) is 11.1 Å². The zero-order chi connectivity index (χ0) is 11.4. The van der Waals surface area contributed by atoms with E-state index in [9.17, 15) is 0 Å². The van der Waals surface area contributed by atoms with Crippen LogP contribution in [0.25, 0.3) is 11.1 Å². The number of hydrogen-bond acceptors (Lipinski definition) is 1. The molecule has 16 heavy (non-hydrogen) atoms. The van der Waals surface area contributed by atoms with Gasteiger partial charge in [0.1, 0.15) is 0 Å². The Morgan fingerprint density at radius 2 is 1.81 bits per heavy atom. The molecule has 0 unspecified atom stereocenters. The summed E-state index contributed by atoms with van der Waals surface area (Å²) in [6.07, 6.45) is 0.892. The van der Waals surface area contributed by atoms with Gasteiger partial charge in [-0.1, -0.05) is 48.0 Å². The summed E-state index contributed by atoms with van der Waals surface area (Å²) in [6.45, 7) is 0.664. The molecule has 0 atom stereocenters. The minimum Gasteiger partial charge on any atom is -0.330 e. The molecule has 2 N–H and O–H groups in total. The summed E-state index contributed by atoms with van der Waals surface area (Å²) in [5.41, 5.74) is 9.25. The first-order chi connectivity index (χ1) is 7.81. The van der Waals surface area contributed by atoms with Crippen molar-refractivity contribution in [1.29, 1.82) is 0 Å². The molecule has 0 aliphatic heterocycles. The number of halogens is 1. The van der Waals surface area contributed by atoms with Crippen molar-refractivity contribution in [3.63, 3.8) is 0 Å². The van der Waals surface area contributed by atoms with E-state index < -0.39 is 0 Å². The van der Waals surface area contributed by atoms with Crippen molar-refractivity contribution in [2.75, 3.05) is 6.54 Å². The summed E-state index contributed by atoms with van der Waals surface area (Å²) in [6, 6.07) is 16.2. The Kier molecular flexibility index (Phi) is 3.60. The molecular formula is C14H14ClN. The molecule has 0 saturated carbocycles. The molecule has 2 aromatic carbocycles. The fraction of sp³-hybridized carbons (Fsp3) is 0.143. The summed E-state index contributed by atoms with van der Waals surface area (Å²) < 4.78 is 0. The summed E-state index contributed by atoms with van der Waals surface area (Å²) >= 11 is 6.00. The van der Waals surface area contributed by atoms with Crippen molar-refractivity contribution < 1.29 is 0 Å². The molecule has 0 spiro atoms. The fourth-order valence-corrected chi connectivity index (χ4v) is 2.02. The Morgan fingerprint density at radius 3 is 2.56 bits per heavy atom. The van der Waals surface area contributed by atoms with Crippen LogP contribution in [0, 0.1) is 0 Å². The average Bonchev–Trinajstić information content (AvgIpc) is 2.30. The van der Waals surface area contributed by atoms with Crippen LogP contribution in [0.15, 0.2) is 48.5 Å². The van der Waals surface area contributed by atoms with Crippen molar-refractivity contribution in [1.82, 2.24) is 0 Å². The standard InChI is InChI=1S/C14H14ClN/c15-13-6-3-5-12(10-13)14-7-2-1-4-11(14)8-9-16/h1-7,10H,8-9,16H2. The third-order valence-corrected chi connectivity index (χ3v) is 2.80. The predicted molar refractivity (Wildman–Crippen MR) is 69.6 cm³/mol. The van der Waals surface area contributed by atoms with Gasteiger partial charge in [-0.3, -0.25) is 0 Å². The largest absolute Gasteiger partial charge is 0.330 e. The molecule has 82 valence electrons. The van der Waals surface area contributed by atoms with Crippen molar-refractivity contribution in [2.24, 2.45) is 5.73 Å². The molecule has 0 aliphatic carbocycles. The highest BCUT2D eigenvalue weighted by atomic mass is 35.5. The predicted octanol–water partition coefficient (Wildman–Crippen LogP) is 3.51. The smallest absolute Gasteiger partial charge is 0.0412 e. The highest BCUT2D eigenvalue weighted by molar-refractivity contribution is 6.30. The van der Waals surface area contributed by atoms with Gasteiger partial charge in [0.15, 0.2) is 0 Å². The van der Waals surface area contributed by atoms with E-state index in [1.807, 2.05) is 30.3 Å². The first-order valence-electron chi connectivity index (χ1n) is 5.35. The minimum absolute atomic E-state index is 0.664. The molecule has 0 amide bonds. The molecule has 0 heterocycles. The van der Waals surface area contributed by atoms with Gasteiger partial charge in [0.05, 0.1) is 0 Å². The van der Waals surface area contributed by atoms with Crippen LogP contribution >= 0.6 is 11.6 Å². The molecule has 0 fully saturated rings. The second-order valence-corrected chi connectivity index (χ2v) is 4.14. The summed E-state index contributed by atoms with van der Waals surface area (Å²) in [5.74, 6) is 0. The maximum Gasteiger partial charge on any atom is 0.0412 e. The maximum absolute atomic E-state index is 6.00. The number of benzene rings is 2. The van der Waals surface area contributed by atoms with Crippen LogP contribution in [0.4, 0.5) is 0 Å². The first-order valence-corrected chi connectivity index (χ1v) is 5.73. The molecule has 2 heteroatoms. The van der Waals surface area contributed by atoms with E-state index in [0.717, 1.165) is 17.0 Å². The van der Waals surface area contributed by atoms with Gasteiger partial charge in [-0.25, -0.2) is 0 Å². The van der Waals surface area contributed by atoms with Gasteiger partial charge in [-0.05, 0) is 41.8 Å². The van der Waals surface area contributed by atoms with Crippen LogP contribution in [-0.4, -0.2) is 6.54 Å². The highest BCUT2D eigenvalue weighted by Gasteiger charge is 2.03. The van der Waals surface area contributed by atoms with Crippen LogP contribution in [0.2, 0.25) is 5.02 Å². The Bertz CT molecular complexity index is 480. The van der Waals surface area contributed by atoms with E-state index >= 15 is 0 Å². The monoisotopic (exact) mass is 231 g/mol. The van der Waals surface area contributed by atoms with Gasteiger partial charge in [0, 0.05) is 5.02 Å². The summed E-state index contributed by atoms with van der Waals surface area (Å²) in [5, 5.41) is 0.764. The Balaban J connectivity index is 2.46. The lowest BCUT2D eigenvalue weighted by molar-refractivity contribution is 0.971. The van der Waals surface area contributed by atoms with E-state index in [1.54, 1.807) is 0 Å². The van der Waals surface area contributed by atoms with Crippen LogP contribution in [0.5, 0.6) is 0 Å². The quantitative estimate of drug-likeness (QED) is 0.860. The Morgan fingerprint density at radius 1 is 1.00 bits per heavy atom. The SMILES string of the molecule is NCCc1ccccc1-c1cccc(Cl)c1. The third-order valence-electron chi connectivity index (χ3n) is 2.57. The number of nitrogens with two attached hydrogens (primary N) is 1. The normalized spacial score (nSPS) is 10.4. The Hall–Kier alpha value is -1.31. The molecule has 0 radical (unpaired) electrons. The van der Waals surface area contributed by atoms with Gasteiger partial charge in [0.2, 0.25) is 0 Å². The van der Waals surface area contributed by atoms with E-state index in [2.05, 4.69) is 18.2 Å². The number of hydrogen-bond donors (Lipinski definition) is 1. The summed E-state index contributed by atoms with van der Waals surface area (Å²) in [7, 11) is 0. The molecule has 2 aromatic rings. The fourth-order valence-electron chi connectivity index (χ4n) is 1.83. The topological polar surface area (TPSA) is 26.0 Å². The second-order valence-electron chi connectivity index (χ2n) is 3.71. The van der Waals surface area contributed by atoms with E-state index in [0.29, 0.717) is 6.54 Å². The molecule has 0 saturated heterocycles. The molecule has 0 aromatic heterocycles. The molecule has 2 rings (SSSR count). The highest BCUT2D eigenvalue weighted by Crippen LogP contribution is 2.26. The maximum atomic E-state index is 6.00. The van der Waals surface area contributed by atoms with Crippen molar-refractivity contribution in [3.05, 3.63) is 59.1 Å². The minimum atomic E-state index is 0.664. The van der Waals surface area contributed by atoms with Crippen LogP contribution < -0.4 is 5.73 Å². The van der Waals surface area contributed by atoms with Crippen molar-refractivity contribution in [2.45, 2.75) is 6.42 Å².